The van der Waals surface area contributed by atoms with Crippen LogP contribution in [0.4, 0.5) is 0 Å². The summed E-state index contributed by atoms with van der Waals surface area (Å²) < 4.78 is 0. The van der Waals surface area contributed by atoms with Gasteiger partial charge >= 0.3 is 0 Å². The van der Waals surface area contributed by atoms with Gasteiger partial charge in [-0.1, -0.05) is 41.5 Å². The van der Waals surface area contributed by atoms with Gasteiger partial charge in [0.1, 0.15) is 0 Å². The molecule has 0 saturated heterocycles. The normalized spacial score (nSPS) is 19.3. The number of fused-ring (bicyclic) bond motifs is 12. The largest absolute Gasteiger partial charge is 0.384 e. The van der Waals surface area contributed by atoms with E-state index in [0.29, 0.717) is 19.6 Å². The van der Waals surface area contributed by atoms with Crippen LogP contribution in [-0.2, 0) is 77.8 Å². The van der Waals surface area contributed by atoms with Gasteiger partial charge in [-0.15, -0.1) is 0 Å². The topological polar surface area (TPSA) is 73.2 Å². The molecule has 5 rings (SSSR count). The number of hydrogen-bond acceptors (Lipinski definition) is 6. The maximum absolute atomic E-state index is 5.24. The van der Waals surface area contributed by atoms with Crippen LogP contribution in [-0.4, -0.2) is 17.1 Å². The summed E-state index contributed by atoms with van der Waals surface area (Å²) in [6.07, 6.45) is 12.5. The fraction of sp³-hybridized carbons (Fsp3) is 0.533. The molecule has 6 bridgehead atoms. The van der Waals surface area contributed by atoms with Crippen molar-refractivity contribution >= 4 is 17.1 Å². The van der Waals surface area contributed by atoms with Crippen LogP contribution in [0, 0.1) is 0 Å². The fourth-order valence-corrected chi connectivity index (χ4v) is 8.48. The molecule has 3 heterocycles. The van der Waals surface area contributed by atoms with Crippen LogP contribution in [0.5, 0.6) is 0 Å². The van der Waals surface area contributed by atoms with E-state index in [2.05, 4.69) is 117 Å². The van der Waals surface area contributed by atoms with Crippen molar-refractivity contribution in [3.8, 4) is 0 Å². The standard InChI is InChI=1S/C45H66N6/c1-13-34-40-22-46-28(7)19-30(9)49-25-43-37(16-4)44-26-50-31(10)20-29(8)47-23-41(34)36(15-3)42(35(40)14-2)24-48-32(11)21-33(12)51-27-45(38(43)17-5)39(44)18-6/h19-21,46-48H,13-18,22-27H2,1-12H3/b28-19-,29-20-,32-21-,49-30?,50-31?,51-33?. The number of hydrogen-bond donors (Lipinski definition) is 3. The first-order valence-electron chi connectivity index (χ1n) is 19.6. The van der Waals surface area contributed by atoms with Crippen molar-refractivity contribution in [1.82, 2.24) is 16.0 Å². The lowest BCUT2D eigenvalue weighted by atomic mass is 9.83. The molecule has 0 amide bonds. The molecule has 0 radical (unpaired) electrons. The van der Waals surface area contributed by atoms with E-state index < -0.39 is 0 Å². The van der Waals surface area contributed by atoms with Gasteiger partial charge < -0.3 is 16.0 Å². The number of nitrogens with zero attached hydrogens (tertiary/aromatic N) is 3. The molecule has 3 aliphatic heterocycles. The van der Waals surface area contributed by atoms with E-state index in [1.54, 1.807) is 0 Å². The van der Waals surface area contributed by atoms with Gasteiger partial charge in [0.2, 0.25) is 0 Å². The number of allylic oxidation sites excluding steroid dienone is 6. The Hall–Kier alpha value is -3.93. The SMILES string of the molecule is CCc1c2c(CC)c3c(CC)c1CN=C(C)/C=C(/C)NCc1c(CC)c(c(CC)c(c1CC)CN/C(C)=C\C(C)=NC3)CN/C(C)=C\C(C)=NC2. The molecular weight excluding hydrogens is 625 g/mol. The molecule has 0 saturated carbocycles. The molecule has 0 aromatic heterocycles. The first-order valence-corrected chi connectivity index (χ1v) is 19.6. The van der Waals surface area contributed by atoms with E-state index in [0.717, 1.165) is 92.4 Å². The Morgan fingerprint density at radius 2 is 0.588 bits per heavy atom. The molecule has 0 unspecified atom stereocenters. The van der Waals surface area contributed by atoms with Crippen LogP contribution in [0.25, 0.3) is 0 Å². The predicted octanol–water partition coefficient (Wildman–Crippen LogP) is 9.65. The minimum atomic E-state index is 0.661. The highest BCUT2D eigenvalue weighted by atomic mass is 14.9. The van der Waals surface area contributed by atoms with E-state index in [-0.39, 0.29) is 0 Å². The molecule has 3 aliphatic rings. The van der Waals surface area contributed by atoms with Crippen LogP contribution in [0.1, 0.15) is 150 Å². The third-order valence-corrected chi connectivity index (χ3v) is 10.9. The lowest BCUT2D eigenvalue weighted by Gasteiger charge is -2.27. The van der Waals surface area contributed by atoms with Gasteiger partial charge in [-0.2, -0.15) is 0 Å². The summed E-state index contributed by atoms with van der Waals surface area (Å²) in [5.41, 5.74) is 23.6. The van der Waals surface area contributed by atoms with Gasteiger partial charge in [-0.25, -0.2) is 0 Å². The van der Waals surface area contributed by atoms with Crippen molar-refractivity contribution in [2.45, 2.75) is 161 Å². The smallest absolute Gasteiger partial charge is 0.0648 e. The number of aliphatic imine (C=N–C) groups is 3. The summed E-state index contributed by atoms with van der Waals surface area (Å²) in [4.78, 5) is 15.7. The highest BCUT2D eigenvalue weighted by Gasteiger charge is 2.23. The zero-order valence-corrected chi connectivity index (χ0v) is 34.1. The Bertz CT molecular complexity index is 1530. The lowest BCUT2D eigenvalue weighted by Crippen LogP contribution is -2.24. The summed E-state index contributed by atoms with van der Waals surface area (Å²) in [5, 5.41) is 11.5. The maximum Gasteiger partial charge on any atom is 0.0648 e. The Morgan fingerprint density at radius 3 is 0.804 bits per heavy atom. The van der Waals surface area contributed by atoms with E-state index in [9.17, 15) is 0 Å². The molecule has 0 aliphatic carbocycles. The Morgan fingerprint density at radius 1 is 0.373 bits per heavy atom. The predicted molar refractivity (Wildman–Crippen MR) is 221 cm³/mol. The maximum atomic E-state index is 5.24. The molecule has 6 nitrogen and oxygen atoms in total. The zero-order valence-electron chi connectivity index (χ0n) is 34.1. The van der Waals surface area contributed by atoms with Crippen molar-refractivity contribution in [1.29, 1.82) is 0 Å². The van der Waals surface area contributed by atoms with Gasteiger partial charge in [-0.05, 0) is 165 Å². The van der Waals surface area contributed by atoms with Gasteiger partial charge in [0.15, 0.2) is 0 Å². The highest BCUT2D eigenvalue weighted by Crippen LogP contribution is 2.34. The van der Waals surface area contributed by atoms with E-state index in [1.165, 1.54) is 66.8 Å². The Balaban J connectivity index is 2.13. The minimum absolute atomic E-state index is 0.661. The van der Waals surface area contributed by atoms with E-state index >= 15 is 0 Å². The van der Waals surface area contributed by atoms with Crippen LogP contribution in [0.3, 0.4) is 0 Å². The Kier molecular flexibility index (Phi) is 14.5. The zero-order chi connectivity index (χ0) is 37.2. The van der Waals surface area contributed by atoms with Crippen molar-refractivity contribution in [2.75, 3.05) is 0 Å². The molecule has 0 spiro atoms. The molecule has 2 aromatic rings. The van der Waals surface area contributed by atoms with Gasteiger partial charge in [0.25, 0.3) is 0 Å². The van der Waals surface area contributed by atoms with Crippen LogP contribution >= 0.6 is 0 Å². The van der Waals surface area contributed by atoms with Crippen molar-refractivity contribution in [3.63, 3.8) is 0 Å². The third kappa shape index (κ3) is 9.30. The number of rotatable bonds is 6. The van der Waals surface area contributed by atoms with Gasteiger partial charge in [-0.3, -0.25) is 15.0 Å². The van der Waals surface area contributed by atoms with Gasteiger partial charge in [0.05, 0.1) is 19.6 Å². The van der Waals surface area contributed by atoms with Crippen LogP contribution in [0.15, 0.2) is 50.3 Å². The molecule has 2 aromatic carbocycles. The molecule has 0 fully saturated rings. The molecular formula is C45H66N6. The van der Waals surface area contributed by atoms with E-state index in [1.807, 2.05) is 0 Å². The summed E-state index contributed by atoms with van der Waals surface area (Å²) in [6.45, 7) is 31.2. The van der Waals surface area contributed by atoms with Crippen molar-refractivity contribution in [3.05, 3.63) is 102 Å². The van der Waals surface area contributed by atoms with Crippen LogP contribution < -0.4 is 16.0 Å². The second kappa shape index (κ2) is 18.5. The summed E-state index contributed by atoms with van der Waals surface area (Å²) >= 11 is 0. The third-order valence-electron chi connectivity index (χ3n) is 10.9. The van der Waals surface area contributed by atoms with Crippen LogP contribution in [0.2, 0.25) is 0 Å². The minimum Gasteiger partial charge on any atom is -0.384 e. The fourth-order valence-electron chi connectivity index (χ4n) is 8.48. The average Bonchev–Trinajstić information content (AvgIpc) is 3.10. The molecule has 276 valence electrons. The molecule has 6 heteroatoms. The highest BCUT2D eigenvalue weighted by molar-refractivity contribution is 5.94. The molecule has 3 N–H and O–H groups in total. The summed E-state index contributed by atoms with van der Waals surface area (Å²) in [6, 6.07) is 0. The van der Waals surface area contributed by atoms with Crippen molar-refractivity contribution < 1.29 is 0 Å². The first-order chi connectivity index (χ1) is 24.5. The second-order valence-electron chi connectivity index (χ2n) is 14.3. The van der Waals surface area contributed by atoms with Gasteiger partial charge in [0, 0.05) is 53.9 Å². The molecule has 0 atom stereocenters. The molecule has 51 heavy (non-hydrogen) atoms. The summed E-state index contributed by atoms with van der Waals surface area (Å²) in [7, 11) is 0. The first kappa shape index (κ1) is 39.8. The second-order valence-corrected chi connectivity index (χ2v) is 14.3. The summed E-state index contributed by atoms with van der Waals surface area (Å²) in [5.74, 6) is 0. The number of benzene rings is 2. The monoisotopic (exact) mass is 691 g/mol. The lowest BCUT2D eigenvalue weighted by molar-refractivity contribution is 0.729. The average molecular weight is 691 g/mol. The quantitative estimate of drug-likeness (QED) is 0.283. The Labute approximate surface area is 310 Å². The van der Waals surface area contributed by atoms with Crippen molar-refractivity contribution in [2.24, 2.45) is 15.0 Å². The number of nitrogens with one attached hydrogen (secondary N) is 3. The van der Waals surface area contributed by atoms with E-state index in [4.69, 9.17) is 15.0 Å².